The molecule has 1 fully saturated rings. The molecule has 3 rings (SSSR count). The van der Waals surface area contributed by atoms with Crippen LogP contribution >= 0.6 is 0 Å². The molecule has 2 unspecified atom stereocenters. The Labute approximate surface area is 126 Å². The normalized spacial score (nSPS) is 25.8. The van der Waals surface area contributed by atoms with Gasteiger partial charge in [-0.25, -0.2) is 13.1 Å². The number of sulfonamides is 1. The molecule has 116 valence electrons. The maximum atomic E-state index is 12.6. The Morgan fingerprint density at radius 2 is 1.86 bits per heavy atom. The zero-order valence-electron chi connectivity index (χ0n) is 12.2. The molecule has 5 heteroatoms. The summed E-state index contributed by atoms with van der Waals surface area (Å²) in [6, 6.07) is 5.34. The summed E-state index contributed by atoms with van der Waals surface area (Å²) < 4.78 is 28.0. The van der Waals surface area contributed by atoms with Crippen molar-refractivity contribution in [2.24, 2.45) is 5.92 Å². The monoisotopic (exact) mass is 309 g/mol. The van der Waals surface area contributed by atoms with Crippen LogP contribution in [0.1, 0.15) is 43.2 Å². The van der Waals surface area contributed by atoms with Crippen LogP contribution in [0.25, 0.3) is 0 Å². The first-order valence-corrected chi connectivity index (χ1v) is 9.33. The fourth-order valence-electron chi connectivity index (χ4n) is 3.56. The van der Waals surface area contributed by atoms with E-state index in [2.05, 4.69) is 4.72 Å². The third-order valence-corrected chi connectivity index (χ3v) is 6.32. The number of benzene rings is 1. The lowest BCUT2D eigenvalue weighted by atomic mass is 9.86. The van der Waals surface area contributed by atoms with E-state index in [1.165, 1.54) is 11.1 Å². The highest BCUT2D eigenvalue weighted by Gasteiger charge is 2.29. The van der Waals surface area contributed by atoms with Gasteiger partial charge in [0.2, 0.25) is 10.0 Å². The molecule has 2 N–H and O–H groups in total. The van der Waals surface area contributed by atoms with Crippen LogP contribution in [0.5, 0.6) is 0 Å². The van der Waals surface area contributed by atoms with E-state index in [9.17, 15) is 13.5 Å². The number of rotatable bonds is 4. The quantitative estimate of drug-likeness (QED) is 0.894. The van der Waals surface area contributed by atoms with Gasteiger partial charge in [0, 0.05) is 12.6 Å². The number of hydrogen-bond acceptors (Lipinski definition) is 3. The van der Waals surface area contributed by atoms with Gasteiger partial charge in [-0.1, -0.05) is 18.9 Å². The maximum absolute atomic E-state index is 12.6. The highest BCUT2D eigenvalue weighted by molar-refractivity contribution is 7.89. The topological polar surface area (TPSA) is 66.4 Å². The van der Waals surface area contributed by atoms with E-state index in [4.69, 9.17) is 0 Å². The second-order valence-electron chi connectivity index (χ2n) is 6.24. The fraction of sp³-hybridized carbons (Fsp3) is 0.625. The first-order valence-electron chi connectivity index (χ1n) is 7.85. The number of nitrogens with one attached hydrogen (secondary N) is 1. The van der Waals surface area contributed by atoms with Crippen molar-refractivity contribution in [1.82, 2.24) is 4.72 Å². The van der Waals surface area contributed by atoms with E-state index in [1.54, 1.807) is 6.07 Å². The average Bonchev–Trinajstić information content (AvgIpc) is 2.95. The predicted molar refractivity (Wildman–Crippen MR) is 81.6 cm³/mol. The molecule has 0 amide bonds. The lowest BCUT2D eigenvalue weighted by Crippen LogP contribution is -2.43. The van der Waals surface area contributed by atoms with Crippen LogP contribution in [0.3, 0.4) is 0 Å². The molecule has 0 radical (unpaired) electrons. The van der Waals surface area contributed by atoms with Gasteiger partial charge in [0.1, 0.15) is 0 Å². The van der Waals surface area contributed by atoms with Crippen molar-refractivity contribution in [3.63, 3.8) is 0 Å². The van der Waals surface area contributed by atoms with Gasteiger partial charge in [-0.2, -0.15) is 0 Å². The predicted octanol–water partition coefficient (Wildman–Crippen LogP) is 2.00. The molecule has 2 aliphatic rings. The van der Waals surface area contributed by atoms with Gasteiger partial charge in [-0.05, 0) is 61.3 Å². The van der Waals surface area contributed by atoms with E-state index in [0.29, 0.717) is 4.90 Å². The molecule has 0 bridgehead atoms. The third-order valence-electron chi connectivity index (χ3n) is 4.83. The summed E-state index contributed by atoms with van der Waals surface area (Å²) in [5, 5.41) is 9.42. The molecule has 0 saturated heterocycles. The van der Waals surface area contributed by atoms with Gasteiger partial charge in [0.15, 0.2) is 0 Å². The van der Waals surface area contributed by atoms with Gasteiger partial charge < -0.3 is 5.11 Å². The first-order chi connectivity index (χ1) is 10.1. The Morgan fingerprint density at radius 3 is 2.67 bits per heavy atom. The molecule has 1 aromatic carbocycles. The number of aryl methyl sites for hydroxylation is 2. The highest BCUT2D eigenvalue weighted by Crippen LogP contribution is 2.27. The average molecular weight is 309 g/mol. The van der Waals surface area contributed by atoms with Gasteiger partial charge in [-0.15, -0.1) is 0 Å². The number of aliphatic hydroxyl groups excluding tert-OH is 1. The second-order valence-corrected chi connectivity index (χ2v) is 7.95. The van der Waals surface area contributed by atoms with E-state index in [0.717, 1.165) is 44.9 Å². The molecule has 1 aromatic rings. The van der Waals surface area contributed by atoms with Gasteiger partial charge >= 0.3 is 0 Å². The first kappa shape index (κ1) is 15.0. The van der Waals surface area contributed by atoms with E-state index < -0.39 is 10.0 Å². The Balaban J connectivity index is 1.80. The molecular weight excluding hydrogens is 286 g/mol. The summed E-state index contributed by atoms with van der Waals surface area (Å²) in [6.45, 7) is 0.0530. The lowest BCUT2D eigenvalue weighted by Gasteiger charge is -2.30. The Kier molecular flexibility index (Phi) is 4.33. The number of fused-ring (bicyclic) bond motifs is 1. The van der Waals surface area contributed by atoms with E-state index in [1.807, 2.05) is 12.1 Å². The van der Waals surface area contributed by atoms with Crippen molar-refractivity contribution < 1.29 is 13.5 Å². The Bertz CT molecular complexity index is 612. The molecule has 1 saturated carbocycles. The molecular formula is C16H23NO3S. The number of hydrogen-bond donors (Lipinski definition) is 2. The number of aliphatic hydroxyl groups is 1. The summed E-state index contributed by atoms with van der Waals surface area (Å²) in [4.78, 5) is 0.366. The molecule has 0 aliphatic heterocycles. The van der Waals surface area contributed by atoms with Crippen molar-refractivity contribution in [2.75, 3.05) is 6.61 Å². The third kappa shape index (κ3) is 3.15. The zero-order valence-corrected chi connectivity index (χ0v) is 13.0. The molecule has 2 aliphatic carbocycles. The molecule has 2 atom stereocenters. The second kappa shape index (κ2) is 6.07. The van der Waals surface area contributed by atoms with Gasteiger partial charge in [0.05, 0.1) is 4.90 Å². The molecule has 4 nitrogen and oxygen atoms in total. The summed E-state index contributed by atoms with van der Waals surface area (Å²) in [5.41, 5.74) is 2.44. The van der Waals surface area contributed by atoms with E-state index >= 15 is 0 Å². The van der Waals surface area contributed by atoms with Crippen LogP contribution in [-0.4, -0.2) is 26.2 Å². The van der Waals surface area contributed by atoms with Crippen molar-refractivity contribution >= 4 is 10.0 Å². The minimum atomic E-state index is -3.49. The smallest absolute Gasteiger partial charge is 0.240 e. The van der Waals surface area contributed by atoms with Crippen molar-refractivity contribution in [2.45, 2.75) is 55.9 Å². The summed E-state index contributed by atoms with van der Waals surface area (Å²) in [7, 11) is -3.49. The summed E-state index contributed by atoms with van der Waals surface area (Å²) >= 11 is 0. The Morgan fingerprint density at radius 1 is 1.10 bits per heavy atom. The largest absolute Gasteiger partial charge is 0.396 e. The van der Waals surface area contributed by atoms with Crippen molar-refractivity contribution in [1.29, 1.82) is 0 Å². The highest BCUT2D eigenvalue weighted by atomic mass is 32.2. The van der Waals surface area contributed by atoms with Crippen LogP contribution in [0, 0.1) is 5.92 Å². The van der Waals surface area contributed by atoms with Gasteiger partial charge in [-0.3, -0.25) is 0 Å². The zero-order chi connectivity index (χ0) is 14.9. The van der Waals surface area contributed by atoms with Crippen LogP contribution in [-0.2, 0) is 22.9 Å². The minimum Gasteiger partial charge on any atom is -0.396 e. The molecule has 0 aromatic heterocycles. The maximum Gasteiger partial charge on any atom is 0.240 e. The molecule has 0 spiro atoms. The van der Waals surface area contributed by atoms with Crippen LogP contribution in [0.4, 0.5) is 0 Å². The molecule has 21 heavy (non-hydrogen) atoms. The summed E-state index contributed by atoms with van der Waals surface area (Å²) in [5.74, 6) is 0.0444. The molecule has 0 heterocycles. The lowest BCUT2D eigenvalue weighted by molar-refractivity contribution is 0.164. The van der Waals surface area contributed by atoms with Crippen LogP contribution in [0.15, 0.2) is 23.1 Å². The van der Waals surface area contributed by atoms with Crippen LogP contribution < -0.4 is 4.72 Å². The van der Waals surface area contributed by atoms with Crippen LogP contribution in [0.2, 0.25) is 0 Å². The van der Waals surface area contributed by atoms with Crippen molar-refractivity contribution in [3.05, 3.63) is 29.3 Å². The standard InChI is InChI=1S/C16H23NO3S/c18-11-14-4-1-2-7-16(14)17-21(19,20)15-9-8-12-5-3-6-13(12)10-15/h8-10,14,16-18H,1-7,11H2. The SMILES string of the molecule is O=S(=O)(NC1CCCCC1CO)c1ccc2c(c1)CCC2. The summed E-state index contributed by atoms with van der Waals surface area (Å²) in [6.07, 6.45) is 6.95. The van der Waals surface area contributed by atoms with Crippen molar-refractivity contribution in [3.8, 4) is 0 Å². The van der Waals surface area contributed by atoms with E-state index in [-0.39, 0.29) is 18.6 Å². The Hall–Kier alpha value is -0.910. The minimum absolute atomic E-state index is 0.0444. The fourth-order valence-corrected chi connectivity index (χ4v) is 4.95. The van der Waals surface area contributed by atoms with Gasteiger partial charge in [0.25, 0.3) is 0 Å².